The fraction of sp³-hybridized carbons (Fsp3) is 0.200. The molecule has 0 radical (unpaired) electrons. The summed E-state index contributed by atoms with van der Waals surface area (Å²) in [6, 6.07) is 3.53. The summed E-state index contributed by atoms with van der Waals surface area (Å²) in [4.78, 5) is 18.5. The van der Waals surface area contributed by atoms with Crippen molar-refractivity contribution in [3.05, 3.63) is 36.9 Å². The van der Waals surface area contributed by atoms with Gasteiger partial charge in [-0.1, -0.05) is 0 Å². The van der Waals surface area contributed by atoms with E-state index >= 15 is 0 Å². The van der Waals surface area contributed by atoms with Crippen molar-refractivity contribution in [3.63, 3.8) is 0 Å². The third kappa shape index (κ3) is 2.07. The first-order valence-corrected chi connectivity index (χ1v) is 4.70. The maximum atomic E-state index is 11.7. The Bertz CT molecular complexity index is 418. The fourth-order valence-electron chi connectivity index (χ4n) is 1.30. The van der Waals surface area contributed by atoms with E-state index in [0.29, 0.717) is 5.95 Å². The van der Waals surface area contributed by atoms with Gasteiger partial charge in [-0.05, 0) is 19.1 Å². The average Bonchev–Trinajstić information content (AvgIpc) is 2.88. The first-order chi connectivity index (χ1) is 7.27. The van der Waals surface area contributed by atoms with Crippen LogP contribution in [0, 0.1) is 0 Å². The summed E-state index contributed by atoms with van der Waals surface area (Å²) in [5.74, 6) is 0.375. The van der Waals surface area contributed by atoms with E-state index in [2.05, 4.69) is 15.3 Å². The molecule has 15 heavy (non-hydrogen) atoms. The molecule has 0 bridgehead atoms. The maximum absolute atomic E-state index is 11.7. The highest BCUT2D eigenvalue weighted by Crippen LogP contribution is 2.08. The minimum absolute atomic E-state index is 0.0962. The summed E-state index contributed by atoms with van der Waals surface area (Å²) in [6.45, 7) is 1.83. The van der Waals surface area contributed by atoms with E-state index in [4.69, 9.17) is 0 Å². The van der Waals surface area contributed by atoms with Gasteiger partial charge in [0.05, 0.1) is 0 Å². The predicted molar refractivity (Wildman–Crippen MR) is 56.4 cm³/mol. The molecule has 0 aromatic carbocycles. The highest BCUT2D eigenvalue weighted by atomic mass is 16.2. The van der Waals surface area contributed by atoms with Gasteiger partial charge in [-0.25, -0.2) is 4.98 Å². The van der Waals surface area contributed by atoms with E-state index in [1.54, 1.807) is 12.4 Å². The SMILES string of the molecule is CC(C(=O)Nc1ncc[nH]1)n1cccc1. The number of aromatic nitrogens is 3. The van der Waals surface area contributed by atoms with Crippen LogP contribution in [0.5, 0.6) is 0 Å². The van der Waals surface area contributed by atoms with Gasteiger partial charge in [0.2, 0.25) is 11.9 Å². The zero-order valence-corrected chi connectivity index (χ0v) is 8.34. The number of carbonyl (C=O) groups excluding carboxylic acids is 1. The van der Waals surface area contributed by atoms with Crippen molar-refractivity contribution in [2.24, 2.45) is 0 Å². The number of nitrogens with one attached hydrogen (secondary N) is 2. The molecule has 0 aliphatic rings. The lowest BCUT2D eigenvalue weighted by Gasteiger charge is -2.12. The van der Waals surface area contributed by atoms with E-state index in [-0.39, 0.29) is 11.9 Å². The lowest BCUT2D eigenvalue weighted by molar-refractivity contribution is -0.118. The summed E-state index contributed by atoms with van der Waals surface area (Å²) in [5, 5.41) is 2.68. The standard InChI is InChI=1S/C10H12N4O/c1-8(14-6-2-3-7-14)9(15)13-10-11-4-5-12-10/h2-8H,1H3,(H2,11,12,13,15). The number of hydrogen-bond acceptors (Lipinski definition) is 2. The quantitative estimate of drug-likeness (QED) is 0.794. The Kier molecular flexibility index (Phi) is 2.53. The lowest BCUT2D eigenvalue weighted by Crippen LogP contribution is -2.23. The fourth-order valence-corrected chi connectivity index (χ4v) is 1.30. The number of carbonyl (C=O) groups is 1. The van der Waals surface area contributed by atoms with Crippen molar-refractivity contribution < 1.29 is 4.79 Å². The molecule has 5 nitrogen and oxygen atoms in total. The van der Waals surface area contributed by atoms with Crippen LogP contribution in [0.15, 0.2) is 36.9 Å². The third-order valence-electron chi connectivity index (χ3n) is 2.19. The first kappa shape index (κ1) is 9.51. The number of rotatable bonds is 3. The monoisotopic (exact) mass is 204 g/mol. The van der Waals surface area contributed by atoms with Crippen molar-refractivity contribution in [1.29, 1.82) is 0 Å². The molecule has 2 heterocycles. The van der Waals surface area contributed by atoms with Crippen LogP contribution in [-0.4, -0.2) is 20.4 Å². The number of hydrogen-bond donors (Lipinski definition) is 2. The van der Waals surface area contributed by atoms with Crippen LogP contribution in [0.25, 0.3) is 0 Å². The minimum atomic E-state index is -0.245. The van der Waals surface area contributed by atoms with Gasteiger partial charge in [0.15, 0.2) is 0 Å². The first-order valence-electron chi connectivity index (χ1n) is 4.70. The Morgan fingerprint density at radius 1 is 1.53 bits per heavy atom. The number of anilines is 1. The Morgan fingerprint density at radius 2 is 2.27 bits per heavy atom. The maximum Gasteiger partial charge on any atom is 0.249 e. The number of amides is 1. The van der Waals surface area contributed by atoms with Crippen molar-refractivity contribution in [3.8, 4) is 0 Å². The van der Waals surface area contributed by atoms with Gasteiger partial charge < -0.3 is 9.55 Å². The molecular weight excluding hydrogens is 192 g/mol. The largest absolute Gasteiger partial charge is 0.342 e. The Balaban J connectivity index is 2.03. The van der Waals surface area contributed by atoms with Crippen LogP contribution in [0.2, 0.25) is 0 Å². The molecule has 0 saturated carbocycles. The molecule has 1 atom stereocenters. The molecule has 5 heteroatoms. The molecule has 2 rings (SSSR count). The van der Waals surface area contributed by atoms with Crippen LogP contribution in [0.1, 0.15) is 13.0 Å². The van der Waals surface area contributed by atoms with E-state index < -0.39 is 0 Å². The van der Waals surface area contributed by atoms with Crippen molar-refractivity contribution in [2.45, 2.75) is 13.0 Å². The van der Waals surface area contributed by atoms with Gasteiger partial charge in [-0.2, -0.15) is 0 Å². The highest BCUT2D eigenvalue weighted by Gasteiger charge is 2.14. The Labute approximate surface area is 87.1 Å². The summed E-state index contributed by atoms with van der Waals surface area (Å²) in [5.41, 5.74) is 0. The molecule has 2 N–H and O–H groups in total. The summed E-state index contributed by atoms with van der Waals surface area (Å²) < 4.78 is 1.83. The molecule has 0 aliphatic heterocycles. The van der Waals surface area contributed by atoms with Gasteiger partial charge >= 0.3 is 0 Å². The van der Waals surface area contributed by atoms with Gasteiger partial charge in [0.25, 0.3) is 0 Å². The van der Waals surface area contributed by atoms with Crippen LogP contribution in [-0.2, 0) is 4.79 Å². The lowest BCUT2D eigenvalue weighted by atomic mass is 10.3. The zero-order chi connectivity index (χ0) is 10.7. The Hall–Kier alpha value is -2.04. The molecule has 0 fully saturated rings. The van der Waals surface area contributed by atoms with Crippen molar-refractivity contribution in [1.82, 2.24) is 14.5 Å². The van der Waals surface area contributed by atoms with Crippen molar-refractivity contribution in [2.75, 3.05) is 5.32 Å². The summed E-state index contributed by atoms with van der Waals surface area (Å²) >= 11 is 0. The molecule has 2 aromatic heterocycles. The van der Waals surface area contributed by atoms with Gasteiger partial charge in [-0.3, -0.25) is 10.1 Å². The van der Waals surface area contributed by atoms with Crippen molar-refractivity contribution >= 4 is 11.9 Å². The molecule has 0 saturated heterocycles. The van der Waals surface area contributed by atoms with Crippen LogP contribution in [0.4, 0.5) is 5.95 Å². The van der Waals surface area contributed by atoms with E-state index in [9.17, 15) is 4.79 Å². The summed E-state index contributed by atoms with van der Waals surface area (Å²) in [7, 11) is 0. The topological polar surface area (TPSA) is 62.7 Å². The highest BCUT2D eigenvalue weighted by molar-refractivity contribution is 5.91. The van der Waals surface area contributed by atoms with Gasteiger partial charge in [-0.15, -0.1) is 0 Å². The second kappa shape index (κ2) is 4.00. The molecule has 0 spiro atoms. The number of nitrogens with zero attached hydrogens (tertiary/aromatic N) is 2. The second-order valence-electron chi connectivity index (χ2n) is 3.23. The predicted octanol–water partition coefficient (Wildman–Crippen LogP) is 1.41. The van der Waals surface area contributed by atoms with E-state index in [1.807, 2.05) is 36.0 Å². The van der Waals surface area contributed by atoms with E-state index in [0.717, 1.165) is 0 Å². The van der Waals surface area contributed by atoms with Crippen LogP contribution in [0.3, 0.4) is 0 Å². The third-order valence-corrected chi connectivity index (χ3v) is 2.19. The smallest absolute Gasteiger partial charge is 0.249 e. The second-order valence-corrected chi connectivity index (χ2v) is 3.23. The zero-order valence-electron chi connectivity index (χ0n) is 8.34. The Morgan fingerprint density at radius 3 is 2.87 bits per heavy atom. The van der Waals surface area contributed by atoms with Gasteiger partial charge in [0.1, 0.15) is 6.04 Å². The molecule has 2 aromatic rings. The molecule has 0 aliphatic carbocycles. The van der Waals surface area contributed by atoms with E-state index in [1.165, 1.54) is 0 Å². The summed E-state index contributed by atoms with van der Waals surface area (Å²) in [6.07, 6.45) is 6.96. The van der Waals surface area contributed by atoms with Crippen LogP contribution >= 0.6 is 0 Å². The average molecular weight is 204 g/mol. The number of imidazole rings is 1. The van der Waals surface area contributed by atoms with Gasteiger partial charge in [0, 0.05) is 24.8 Å². The number of H-pyrrole nitrogens is 1. The minimum Gasteiger partial charge on any atom is -0.342 e. The molecule has 1 amide bonds. The van der Waals surface area contributed by atoms with Crippen LogP contribution < -0.4 is 5.32 Å². The number of aromatic amines is 1. The molecule has 78 valence electrons. The normalized spacial score (nSPS) is 12.3. The molecular formula is C10H12N4O. The molecule has 1 unspecified atom stereocenters.